The van der Waals surface area contributed by atoms with Gasteiger partial charge in [-0.15, -0.1) is 0 Å². The highest BCUT2D eigenvalue weighted by Crippen LogP contribution is 2.21. The van der Waals surface area contributed by atoms with E-state index in [4.69, 9.17) is 4.74 Å². The summed E-state index contributed by atoms with van der Waals surface area (Å²) < 4.78 is 29.0. The third-order valence-corrected chi connectivity index (χ3v) is 4.03. The SMILES string of the molecule is COc1ccc2c(ccn2CC(=O)NCCS(C)(=O)=O)c1. The Kier molecular flexibility index (Phi) is 4.52. The first-order chi connectivity index (χ1) is 9.89. The molecule has 0 aliphatic rings. The summed E-state index contributed by atoms with van der Waals surface area (Å²) in [6.45, 7) is 0.282. The zero-order valence-electron chi connectivity index (χ0n) is 12.0. The zero-order chi connectivity index (χ0) is 15.5. The molecule has 0 atom stereocenters. The zero-order valence-corrected chi connectivity index (χ0v) is 12.8. The fourth-order valence-corrected chi connectivity index (χ4v) is 2.50. The van der Waals surface area contributed by atoms with Crippen molar-refractivity contribution in [3.63, 3.8) is 0 Å². The maximum absolute atomic E-state index is 11.8. The maximum Gasteiger partial charge on any atom is 0.239 e. The fourth-order valence-electron chi connectivity index (χ4n) is 2.03. The van der Waals surface area contributed by atoms with Gasteiger partial charge in [0.2, 0.25) is 5.91 Å². The Morgan fingerprint density at radius 2 is 2.10 bits per heavy atom. The van der Waals surface area contributed by atoms with E-state index >= 15 is 0 Å². The molecule has 0 unspecified atom stereocenters. The van der Waals surface area contributed by atoms with Crippen LogP contribution in [0.2, 0.25) is 0 Å². The van der Waals surface area contributed by atoms with Crippen molar-refractivity contribution in [1.29, 1.82) is 0 Å². The van der Waals surface area contributed by atoms with Crippen LogP contribution in [0.5, 0.6) is 5.75 Å². The summed E-state index contributed by atoms with van der Waals surface area (Å²) >= 11 is 0. The largest absolute Gasteiger partial charge is 0.497 e. The molecule has 0 radical (unpaired) electrons. The van der Waals surface area contributed by atoms with Crippen molar-refractivity contribution >= 4 is 26.6 Å². The minimum absolute atomic E-state index is 0.0532. The Labute approximate surface area is 123 Å². The van der Waals surface area contributed by atoms with Gasteiger partial charge in [-0.2, -0.15) is 0 Å². The minimum Gasteiger partial charge on any atom is -0.497 e. The van der Waals surface area contributed by atoms with Crippen LogP contribution < -0.4 is 10.1 Å². The number of hydrogen-bond donors (Lipinski definition) is 1. The average Bonchev–Trinajstić information content (AvgIpc) is 2.79. The molecule has 1 N–H and O–H groups in total. The molecule has 0 bridgehead atoms. The maximum atomic E-state index is 11.8. The number of aromatic nitrogens is 1. The Bertz CT molecular complexity index is 749. The van der Waals surface area contributed by atoms with E-state index in [0.29, 0.717) is 0 Å². The Morgan fingerprint density at radius 3 is 2.76 bits per heavy atom. The molecule has 0 saturated carbocycles. The Morgan fingerprint density at radius 1 is 1.33 bits per heavy atom. The molecule has 6 nitrogen and oxygen atoms in total. The molecule has 0 saturated heterocycles. The molecule has 7 heteroatoms. The van der Waals surface area contributed by atoms with E-state index in [1.807, 2.05) is 35.0 Å². The smallest absolute Gasteiger partial charge is 0.239 e. The number of carbonyl (C=O) groups excluding carboxylic acids is 1. The van der Waals surface area contributed by atoms with Gasteiger partial charge in [-0.25, -0.2) is 8.42 Å². The van der Waals surface area contributed by atoms with Crippen molar-refractivity contribution in [3.05, 3.63) is 30.5 Å². The molecule has 1 aromatic heterocycles. The van der Waals surface area contributed by atoms with Gasteiger partial charge < -0.3 is 14.6 Å². The topological polar surface area (TPSA) is 77.4 Å². The first-order valence-electron chi connectivity index (χ1n) is 6.46. The van der Waals surface area contributed by atoms with E-state index < -0.39 is 9.84 Å². The molecular weight excluding hydrogens is 292 g/mol. The predicted octanol–water partition coefficient (Wildman–Crippen LogP) is 0.811. The van der Waals surface area contributed by atoms with E-state index in [-0.39, 0.29) is 24.7 Å². The predicted molar refractivity (Wildman–Crippen MR) is 81.2 cm³/mol. The summed E-state index contributed by atoms with van der Waals surface area (Å²) in [4.78, 5) is 11.8. The molecule has 1 amide bonds. The molecule has 0 fully saturated rings. The summed E-state index contributed by atoms with van der Waals surface area (Å²) in [5.41, 5.74) is 0.925. The number of rotatable bonds is 6. The van der Waals surface area contributed by atoms with E-state index in [1.54, 1.807) is 7.11 Å². The van der Waals surface area contributed by atoms with Crippen LogP contribution in [-0.2, 0) is 21.2 Å². The monoisotopic (exact) mass is 310 g/mol. The van der Waals surface area contributed by atoms with Gasteiger partial charge in [0.05, 0.1) is 12.9 Å². The van der Waals surface area contributed by atoms with Crippen molar-refractivity contribution in [1.82, 2.24) is 9.88 Å². The van der Waals surface area contributed by atoms with Crippen LogP contribution in [0.3, 0.4) is 0 Å². The molecule has 1 heterocycles. The molecule has 1 aromatic carbocycles. The van der Waals surface area contributed by atoms with E-state index in [9.17, 15) is 13.2 Å². The number of benzene rings is 1. The lowest BCUT2D eigenvalue weighted by Crippen LogP contribution is -2.31. The van der Waals surface area contributed by atoms with Crippen molar-refractivity contribution in [2.75, 3.05) is 25.7 Å². The summed E-state index contributed by atoms with van der Waals surface area (Å²) in [6, 6.07) is 7.52. The average molecular weight is 310 g/mol. The van der Waals surface area contributed by atoms with Crippen LogP contribution in [0, 0.1) is 0 Å². The van der Waals surface area contributed by atoms with Gasteiger partial charge in [0.25, 0.3) is 0 Å². The van der Waals surface area contributed by atoms with Gasteiger partial charge in [-0.3, -0.25) is 4.79 Å². The lowest BCUT2D eigenvalue weighted by molar-refractivity contribution is -0.121. The number of sulfone groups is 1. The number of hydrogen-bond acceptors (Lipinski definition) is 4. The van der Waals surface area contributed by atoms with E-state index in [0.717, 1.165) is 22.9 Å². The molecule has 0 aliphatic carbocycles. The molecular formula is C14H18N2O4S. The lowest BCUT2D eigenvalue weighted by Gasteiger charge is -2.07. The van der Waals surface area contributed by atoms with Gasteiger partial charge in [-0.05, 0) is 24.3 Å². The number of fused-ring (bicyclic) bond motifs is 1. The van der Waals surface area contributed by atoms with Gasteiger partial charge in [0, 0.05) is 29.9 Å². The highest BCUT2D eigenvalue weighted by Gasteiger charge is 2.08. The van der Waals surface area contributed by atoms with E-state index in [2.05, 4.69) is 5.32 Å². The second-order valence-electron chi connectivity index (χ2n) is 4.85. The second-order valence-corrected chi connectivity index (χ2v) is 7.11. The fraction of sp³-hybridized carbons (Fsp3) is 0.357. The number of nitrogens with one attached hydrogen (secondary N) is 1. The lowest BCUT2D eigenvalue weighted by atomic mass is 10.2. The molecule has 0 aliphatic heterocycles. The summed E-state index contributed by atoms with van der Waals surface area (Å²) in [5.74, 6) is 0.493. The summed E-state index contributed by atoms with van der Waals surface area (Å²) in [6.07, 6.45) is 2.96. The number of amides is 1. The van der Waals surface area contributed by atoms with Gasteiger partial charge in [0.1, 0.15) is 22.1 Å². The second kappa shape index (κ2) is 6.17. The third-order valence-electron chi connectivity index (χ3n) is 3.09. The van der Waals surface area contributed by atoms with Crippen LogP contribution in [0.1, 0.15) is 0 Å². The standard InChI is InChI=1S/C14H18N2O4S/c1-20-12-3-4-13-11(9-12)5-7-16(13)10-14(17)15-6-8-21(2,18)19/h3-5,7,9H,6,8,10H2,1-2H3,(H,15,17). The van der Waals surface area contributed by atoms with Crippen LogP contribution in [0.15, 0.2) is 30.5 Å². The van der Waals surface area contributed by atoms with Crippen molar-refractivity contribution in [2.45, 2.75) is 6.54 Å². The third kappa shape index (κ3) is 4.22. The van der Waals surface area contributed by atoms with Crippen molar-refractivity contribution in [2.24, 2.45) is 0 Å². The quantitative estimate of drug-likeness (QED) is 0.856. The Hall–Kier alpha value is -2.02. The number of ether oxygens (including phenoxy) is 1. The minimum atomic E-state index is -3.06. The first-order valence-corrected chi connectivity index (χ1v) is 8.52. The highest BCUT2D eigenvalue weighted by molar-refractivity contribution is 7.90. The molecule has 21 heavy (non-hydrogen) atoms. The molecule has 2 rings (SSSR count). The van der Waals surface area contributed by atoms with Crippen LogP contribution in [-0.4, -0.2) is 44.6 Å². The summed E-state index contributed by atoms with van der Waals surface area (Å²) in [7, 11) is -1.46. The van der Waals surface area contributed by atoms with E-state index in [1.165, 1.54) is 0 Å². The molecule has 0 spiro atoms. The van der Waals surface area contributed by atoms with Crippen LogP contribution in [0.4, 0.5) is 0 Å². The van der Waals surface area contributed by atoms with Gasteiger partial charge >= 0.3 is 0 Å². The number of carbonyl (C=O) groups is 1. The van der Waals surface area contributed by atoms with Crippen molar-refractivity contribution < 1.29 is 17.9 Å². The van der Waals surface area contributed by atoms with Crippen LogP contribution in [0.25, 0.3) is 10.9 Å². The number of nitrogens with zero attached hydrogens (tertiary/aromatic N) is 1. The molecule has 114 valence electrons. The number of methoxy groups -OCH3 is 1. The first kappa shape index (κ1) is 15.4. The molecule has 2 aromatic rings. The van der Waals surface area contributed by atoms with Gasteiger partial charge in [0.15, 0.2) is 0 Å². The summed E-state index contributed by atoms with van der Waals surface area (Å²) in [5, 5.41) is 3.59. The van der Waals surface area contributed by atoms with Crippen LogP contribution >= 0.6 is 0 Å². The van der Waals surface area contributed by atoms with Gasteiger partial charge in [-0.1, -0.05) is 0 Å². The normalized spacial score (nSPS) is 11.5. The Balaban J connectivity index is 2.01. The highest BCUT2D eigenvalue weighted by atomic mass is 32.2. The van der Waals surface area contributed by atoms with Crippen molar-refractivity contribution in [3.8, 4) is 5.75 Å².